The van der Waals surface area contributed by atoms with Gasteiger partial charge in [-0.25, -0.2) is 4.98 Å². The van der Waals surface area contributed by atoms with Crippen LogP contribution in [0.15, 0.2) is 47.8 Å². The van der Waals surface area contributed by atoms with E-state index in [0.29, 0.717) is 0 Å². The average Bonchev–Trinajstić information content (AvgIpc) is 2.79. The van der Waals surface area contributed by atoms with Gasteiger partial charge in [-0.05, 0) is 18.1 Å². The molecule has 0 atom stereocenters. The minimum atomic E-state index is 1.09. The fourth-order valence-corrected chi connectivity index (χ4v) is 2.54. The molecule has 0 spiro atoms. The number of rotatable bonds is 1. The Labute approximate surface area is 98.7 Å². The van der Waals surface area contributed by atoms with Crippen LogP contribution in [0.5, 0.6) is 0 Å². The zero-order valence-corrected chi connectivity index (χ0v) is 9.79. The minimum absolute atomic E-state index is 1.09. The summed E-state index contributed by atoms with van der Waals surface area (Å²) in [5.41, 5.74) is 4.86. The summed E-state index contributed by atoms with van der Waals surface area (Å²) in [6.45, 7) is 2.04. The number of nitrogens with zero attached hydrogens (tertiary/aromatic N) is 1. The van der Waals surface area contributed by atoms with Crippen molar-refractivity contribution >= 4 is 11.3 Å². The van der Waals surface area contributed by atoms with Gasteiger partial charge < -0.3 is 0 Å². The molecule has 2 aliphatic carbocycles. The van der Waals surface area contributed by atoms with Crippen LogP contribution in [-0.4, -0.2) is 4.98 Å². The molecule has 0 aromatic carbocycles. The topological polar surface area (TPSA) is 12.9 Å². The van der Waals surface area contributed by atoms with Crippen molar-refractivity contribution in [2.75, 3.05) is 0 Å². The molecule has 0 saturated carbocycles. The lowest BCUT2D eigenvalue weighted by Crippen LogP contribution is -1.76. The number of aryl methyl sites for hydroxylation is 1. The molecule has 1 aromatic heterocycles. The second-order valence-electron chi connectivity index (χ2n) is 3.78. The van der Waals surface area contributed by atoms with E-state index in [1.165, 1.54) is 16.7 Å². The van der Waals surface area contributed by atoms with Crippen LogP contribution in [0.25, 0.3) is 22.4 Å². The highest BCUT2D eigenvalue weighted by molar-refractivity contribution is 7.09. The number of hydrogen-bond acceptors (Lipinski definition) is 2. The average molecular weight is 225 g/mol. The smallest absolute Gasteiger partial charge is 0.0901 e. The lowest BCUT2D eigenvalue weighted by molar-refractivity contribution is 1.30. The minimum Gasteiger partial charge on any atom is -0.242 e. The van der Waals surface area contributed by atoms with Crippen molar-refractivity contribution in [3.05, 3.63) is 52.9 Å². The maximum atomic E-state index is 4.54. The molecule has 0 aliphatic heterocycles. The molecular formula is C14H11NS. The lowest BCUT2D eigenvalue weighted by atomic mass is 10.1. The molecule has 0 radical (unpaired) electrons. The van der Waals surface area contributed by atoms with Crippen molar-refractivity contribution in [1.82, 2.24) is 4.98 Å². The van der Waals surface area contributed by atoms with Gasteiger partial charge >= 0.3 is 0 Å². The second kappa shape index (κ2) is 3.72. The first-order valence-corrected chi connectivity index (χ1v) is 6.13. The Kier molecular flexibility index (Phi) is 2.22. The Morgan fingerprint density at radius 2 is 1.81 bits per heavy atom. The maximum Gasteiger partial charge on any atom is 0.0901 e. The molecule has 1 nitrogen and oxygen atoms in total. The van der Waals surface area contributed by atoms with Gasteiger partial charge in [0.1, 0.15) is 0 Å². The zero-order valence-electron chi connectivity index (χ0n) is 8.97. The number of hydrogen-bond donors (Lipinski definition) is 0. The van der Waals surface area contributed by atoms with Crippen LogP contribution in [0.1, 0.15) is 5.01 Å². The van der Waals surface area contributed by atoms with Crippen molar-refractivity contribution in [3.63, 3.8) is 0 Å². The van der Waals surface area contributed by atoms with E-state index in [2.05, 4.69) is 52.8 Å². The highest BCUT2D eigenvalue weighted by Crippen LogP contribution is 2.34. The fourth-order valence-electron chi connectivity index (χ4n) is 1.93. The molecule has 1 aromatic rings. The van der Waals surface area contributed by atoms with Gasteiger partial charge in [0.25, 0.3) is 0 Å². The Bertz CT molecular complexity index is 597. The number of thiazole rings is 1. The molecule has 0 amide bonds. The predicted molar refractivity (Wildman–Crippen MR) is 68.9 cm³/mol. The van der Waals surface area contributed by atoms with E-state index in [0.717, 1.165) is 10.7 Å². The van der Waals surface area contributed by atoms with Crippen molar-refractivity contribution in [2.45, 2.75) is 6.92 Å². The van der Waals surface area contributed by atoms with Crippen molar-refractivity contribution in [1.29, 1.82) is 0 Å². The molecule has 1 heterocycles. The summed E-state index contributed by atoms with van der Waals surface area (Å²) >= 11 is 1.70. The maximum absolute atomic E-state index is 4.54. The molecule has 78 valence electrons. The first-order valence-electron chi connectivity index (χ1n) is 5.25. The summed E-state index contributed by atoms with van der Waals surface area (Å²) in [5, 5.41) is 3.24. The zero-order chi connectivity index (χ0) is 11.0. The standard InChI is InChI=1S/C14H11NS/c1-10-15-14(9-16-10)13-8-7-11-5-3-2-4-6-12(11)13/h2-9H,1H3. The first-order chi connectivity index (χ1) is 7.84. The summed E-state index contributed by atoms with van der Waals surface area (Å²) in [6, 6.07) is 14.8. The number of aromatic nitrogens is 1. The molecule has 2 aliphatic rings. The SMILES string of the molecule is Cc1nc(-c2ccc3cccccc2-3)cs1. The van der Waals surface area contributed by atoms with Crippen LogP contribution in [0, 0.1) is 6.92 Å². The molecule has 3 rings (SSSR count). The third-order valence-corrected chi connectivity index (χ3v) is 3.46. The first kappa shape index (κ1) is 9.55. The highest BCUT2D eigenvalue weighted by atomic mass is 32.1. The Morgan fingerprint density at radius 3 is 2.62 bits per heavy atom. The highest BCUT2D eigenvalue weighted by Gasteiger charge is 2.11. The molecule has 0 N–H and O–H groups in total. The Balaban J connectivity index is 2.21. The molecule has 0 saturated heterocycles. The summed E-state index contributed by atoms with van der Waals surface area (Å²) in [6.07, 6.45) is 0. The second-order valence-corrected chi connectivity index (χ2v) is 4.84. The van der Waals surface area contributed by atoms with Gasteiger partial charge in [0.2, 0.25) is 0 Å². The van der Waals surface area contributed by atoms with E-state index in [-0.39, 0.29) is 0 Å². The molecule has 2 heteroatoms. The van der Waals surface area contributed by atoms with E-state index < -0.39 is 0 Å². The molecular weight excluding hydrogens is 214 g/mol. The van der Waals surface area contributed by atoms with Crippen LogP contribution in [-0.2, 0) is 0 Å². The van der Waals surface area contributed by atoms with Gasteiger partial charge in [-0.2, -0.15) is 0 Å². The van der Waals surface area contributed by atoms with E-state index in [1.807, 2.05) is 6.92 Å². The lowest BCUT2D eigenvalue weighted by Gasteiger charge is -1.97. The van der Waals surface area contributed by atoms with Gasteiger partial charge in [-0.15, -0.1) is 11.3 Å². The third kappa shape index (κ3) is 1.51. The van der Waals surface area contributed by atoms with Crippen LogP contribution in [0.3, 0.4) is 0 Å². The van der Waals surface area contributed by atoms with Gasteiger partial charge in [-0.1, -0.05) is 42.5 Å². The van der Waals surface area contributed by atoms with Gasteiger partial charge in [-0.3, -0.25) is 0 Å². The summed E-state index contributed by atoms with van der Waals surface area (Å²) in [7, 11) is 0. The van der Waals surface area contributed by atoms with Crippen molar-refractivity contribution in [3.8, 4) is 22.4 Å². The quantitative estimate of drug-likeness (QED) is 0.604. The molecule has 0 unspecified atom stereocenters. The van der Waals surface area contributed by atoms with Crippen LogP contribution < -0.4 is 0 Å². The summed E-state index contributed by atoms with van der Waals surface area (Å²) in [5.74, 6) is 0. The Morgan fingerprint density at radius 1 is 0.938 bits per heavy atom. The summed E-state index contributed by atoms with van der Waals surface area (Å²) in [4.78, 5) is 4.54. The van der Waals surface area contributed by atoms with Crippen molar-refractivity contribution in [2.24, 2.45) is 0 Å². The third-order valence-electron chi connectivity index (χ3n) is 2.69. The molecule has 0 bridgehead atoms. The van der Waals surface area contributed by atoms with E-state index in [4.69, 9.17) is 0 Å². The normalized spacial score (nSPS) is 10.8. The summed E-state index contributed by atoms with van der Waals surface area (Å²) < 4.78 is 0. The Hall–Kier alpha value is -1.67. The predicted octanol–water partition coefficient (Wildman–Crippen LogP) is 4.22. The van der Waals surface area contributed by atoms with Gasteiger partial charge in [0.05, 0.1) is 10.7 Å². The fraction of sp³-hybridized carbons (Fsp3) is 0.0714. The van der Waals surface area contributed by atoms with Crippen LogP contribution in [0.4, 0.5) is 0 Å². The van der Waals surface area contributed by atoms with Crippen molar-refractivity contribution < 1.29 is 0 Å². The van der Waals surface area contributed by atoms with Gasteiger partial charge in [0, 0.05) is 10.9 Å². The van der Waals surface area contributed by atoms with Gasteiger partial charge in [0.15, 0.2) is 0 Å². The van der Waals surface area contributed by atoms with E-state index >= 15 is 0 Å². The molecule has 16 heavy (non-hydrogen) atoms. The van der Waals surface area contributed by atoms with E-state index in [1.54, 1.807) is 11.3 Å². The monoisotopic (exact) mass is 225 g/mol. The van der Waals surface area contributed by atoms with Crippen LogP contribution >= 0.6 is 11.3 Å². The van der Waals surface area contributed by atoms with Crippen LogP contribution in [0.2, 0.25) is 0 Å². The van der Waals surface area contributed by atoms with E-state index in [9.17, 15) is 0 Å². The largest absolute Gasteiger partial charge is 0.242 e. The molecule has 0 fully saturated rings. The number of fused-ring (bicyclic) bond motifs is 1.